The molecule has 146 valence electrons. The van der Waals surface area contributed by atoms with Crippen molar-refractivity contribution in [3.8, 4) is 22.6 Å². The average Bonchev–Trinajstić information content (AvgIpc) is 2.68. The number of esters is 1. The minimum absolute atomic E-state index is 0.159. The fraction of sp³-hybridized carbons (Fsp3) is 0.273. The number of hydrogen-bond donors (Lipinski definition) is 0. The van der Waals surface area contributed by atoms with Crippen LogP contribution in [-0.4, -0.2) is 25.8 Å². The first-order chi connectivity index (χ1) is 13.5. The summed E-state index contributed by atoms with van der Waals surface area (Å²) in [6, 6.07) is 12.2. The first-order valence-electron chi connectivity index (χ1n) is 9.00. The van der Waals surface area contributed by atoms with Crippen molar-refractivity contribution in [2.24, 2.45) is 0 Å². The van der Waals surface area contributed by atoms with Crippen molar-refractivity contribution in [3.63, 3.8) is 0 Å². The number of fused-ring (bicyclic) bond motifs is 1. The molecular formula is C22H22O6. The summed E-state index contributed by atoms with van der Waals surface area (Å²) in [6.45, 7) is 5.35. The van der Waals surface area contributed by atoms with E-state index in [1.165, 1.54) is 0 Å². The molecule has 1 unspecified atom stereocenters. The maximum Gasteiger partial charge on any atom is 0.347 e. The number of carbonyl (C=O) groups is 1. The van der Waals surface area contributed by atoms with Crippen molar-refractivity contribution in [2.45, 2.75) is 26.9 Å². The Balaban J connectivity index is 2.04. The third-order valence-corrected chi connectivity index (χ3v) is 4.35. The molecule has 0 amide bonds. The lowest BCUT2D eigenvalue weighted by atomic mass is 10.0. The fourth-order valence-electron chi connectivity index (χ4n) is 3.03. The van der Waals surface area contributed by atoms with Crippen molar-refractivity contribution in [2.75, 3.05) is 13.7 Å². The van der Waals surface area contributed by atoms with Crippen molar-refractivity contribution in [3.05, 3.63) is 58.4 Å². The molecule has 0 radical (unpaired) electrons. The zero-order valence-corrected chi connectivity index (χ0v) is 16.3. The van der Waals surface area contributed by atoms with E-state index >= 15 is 0 Å². The third-order valence-electron chi connectivity index (χ3n) is 4.35. The lowest BCUT2D eigenvalue weighted by Gasteiger charge is -2.14. The molecule has 0 saturated carbocycles. The highest BCUT2D eigenvalue weighted by Gasteiger charge is 2.19. The molecule has 1 aromatic heterocycles. The molecule has 0 aliphatic heterocycles. The van der Waals surface area contributed by atoms with Gasteiger partial charge in [-0.15, -0.1) is 0 Å². The molecular weight excluding hydrogens is 360 g/mol. The van der Waals surface area contributed by atoms with Gasteiger partial charge in [0.1, 0.15) is 22.8 Å². The van der Waals surface area contributed by atoms with E-state index in [0.717, 1.165) is 0 Å². The van der Waals surface area contributed by atoms with Crippen molar-refractivity contribution in [1.29, 1.82) is 0 Å². The third kappa shape index (κ3) is 3.71. The largest absolute Gasteiger partial charge is 0.496 e. The molecule has 0 aliphatic rings. The first kappa shape index (κ1) is 19.5. The molecule has 1 heterocycles. The maximum atomic E-state index is 13.1. The zero-order chi connectivity index (χ0) is 20.3. The van der Waals surface area contributed by atoms with Crippen LogP contribution >= 0.6 is 0 Å². The summed E-state index contributed by atoms with van der Waals surface area (Å²) in [7, 11) is 1.56. The van der Waals surface area contributed by atoms with Crippen molar-refractivity contribution >= 4 is 16.9 Å². The SMILES string of the molecule is CCOC(=O)C(C)Oc1ccc2c(=O)c(-c3ccccc3OC)c(C)oc2c1. The highest BCUT2D eigenvalue weighted by atomic mass is 16.6. The van der Waals surface area contributed by atoms with Crippen molar-refractivity contribution < 1.29 is 23.4 Å². The number of rotatable bonds is 6. The second-order valence-electron chi connectivity index (χ2n) is 6.23. The summed E-state index contributed by atoms with van der Waals surface area (Å²) in [6.07, 6.45) is -0.766. The van der Waals surface area contributed by atoms with Gasteiger partial charge in [0.2, 0.25) is 5.43 Å². The molecule has 0 N–H and O–H groups in total. The van der Waals surface area contributed by atoms with Crippen LogP contribution in [0.1, 0.15) is 19.6 Å². The highest BCUT2D eigenvalue weighted by Crippen LogP contribution is 2.32. The van der Waals surface area contributed by atoms with E-state index < -0.39 is 12.1 Å². The minimum Gasteiger partial charge on any atom is -0.496 e. The van der Waals surface area contributed by atoms with E-state index in [4.69, 9.17) is 18.6 Å². The van der Waals surface area contributed by atoms with E-state index in [0.29, 0.717) is 39.4 Å². The number of aryl methyl sites for hydroxylation is 1. The van der Waals surface area contributed by atoms with E-state index in [1.54, 1.807) is 52.1 Å². The second-order valence-corrected chi connectivity index (χ2v) is 6.23. The Bertz CT molecular complexity index is 1070. The molecule has 6 nitrogen and oxygen atoms in total. The summed E-state index contributed by atoms with van der Waals surface area (Å²) < 4.78 is 21.8. The normalized spacial score (nSPS) is 11.9. The Hall–Kier alpha value is -3.28. The van der Waals surface area contributed by atoms with Crippen LogP contribution in [0, 0.1) is 6.92 Å². The summed E-state index contributed by atoms with van der Waals surface area (Å²) in [5.41, 5.74) is 1.36. The summed E-state index contributed by atoms with van der Waals surface area (Å²) >= 11 is 0. The summed E-state index contributed by atoms with van der Waals surface area (Å²) in [4.78, 5) is 24.9. The van der Waals surface area contributed by atoms with Crippen LogP contribution < -0.4 is 14.9 Å². The van der Waals surface area contributed by atoms with Gasteiger partial charge in [0.15, 0.2) is 6.10 Å². The van der Waals surface area contributed by atoms with E-state index in [2.05, 4.69) is 0 Å². The summed E-state index contributed by atoms with van der Waals surface area (Å²) in [5.74, 6) is 1.03. The highest BCUT2D eigenvalue weighted by molar-refractivity contribution is 5.85. The molecule has 0 saturated heterocycles. The quantitative estimate of drug-likeness (QED) is 0.597. The first-order valence-corrected chi connectivity index (χ1v) is 9.00. The van der Waals surface area contributed by atoms with Crippen LogP contribution in [0.2, 0.25) is 0 Å². The number of methoxy groups -OCH3 is 1. The van der Waals surface area contributed by atoms with Gasteiger partial charge < -0.3 is 18.6 Å². The molecule has 2 aromatic carbocycles. The van der Waals surface area contributed by atoms with Crippen molar-refractivity contribution in [1.82, 2.24) is 0 Å². The maximum absolute atomic E-state index is 13.1. The number of carbonyl (C=O) groups excluding carboxylic acids is 1. The Morgan fingerprint density at radius 1 is 1.18 bits per heavy atom. The lowest BCUT2D eigenvalue weighted by molar-refractivity contribution is -0.150. The van der Waals surface area contributed by atoms with E-state index in [-0.39, 0.29) is 12.0 Å². The van der Waals surface area contributed by atoms with Gasteiger partial charge in [-0.3, -0.25) is 4.79 Å². The lowest BCUT2D eigenvalue weighted by Crippen LogP contribution is -2.26. The molecule has 0 bridgehead atoms. The fourth-order valence-corrected chi connectivity index (χ4v) is 3.03. The van der Waals surface area contributed by atoms with Crippen LogP contribution in [0.15, 0.2) is 51.7 Å². The Morgan fingerprint density at radius 3 is 2.64 bits per heavy atom. The Morgan fingerprint density at radius 2 is 1.93 bits per heavy atom. The molecule has 28 heavy (non-hydrogen) atoms. The molecule has 0 aliphatic carbocycles. The molecule has 1 atom stereocenters. The minimum atomic E-state index is -0.766. The number of para-hydroxylation sites is 1. The predicted octanol–water partition coefficient (Wildman–Crippen LogP) is 4.11. The van der Waals surface area contributed by atoms with E-state index in [1.807, 2.05) is 18.2 Å². The molecule has 6 heteroatoms. The molecule has 0 fully saturated rings. The standard InChI is InChI=1S/C22H22O6/c1-5-26-22(24)14(3)27-15-10-11-17-19(12-15)28-13(2)20(21(17)23)16-8-6-7-9-18(16)25-4/h6-12,14H,5H2,1-4H3. The van der Waals surface area contributed by atoms with Gasteiger partial charge in [-0.1, -0.05) is 18.2 Å². The average molecular weight is 382 g/mol. The van der Waals surface area contributed by atoms with E-state index in [9.17, 15) is 9.59 Å². The summed E-state index contributed by atoms with van der Waals surface area (Å²) in [5, 5.41) is 0.419. The van der Waals surface area contributed by atoms with Gasteiger partial charge in [0, 0.05) is 11.6 Å². The van der Waals surface area contributed by atoms with Crippen LogP contribution in [0.25, 0.3) is 22.1 Å². The Kier molecular flexibility index (Phi) is 5.68. The molecule has 3 aromatic rings. The van der Waals surface area contributed by atoms with Gasteiger partial charge in [-0.2, -0.15) is 0 Å². The predicted molar refractivity (Wildman–Crippen MR) is 106 cm³/mol. The molecule has 3 rings (SSSR count). The van der Waals surface area contributed by atoms with Gasteiger partial charge >= 0.3 is 5.97 Å². The van der Waals surface area contributed by atoms with Gasteiger partial charge in [-0.25, -0.2) is 4.79 Å². The zero-order valence-electron chi connectivity index (χ0n) is 16.3. The number of hydrogen-bond acceptors (Lipinski definition) is 6. The van der Waals surface area contributed by atoms with Crippen LogP contribution in [0.5, 0.6) is 11.5 Å². The smallest absolute Gasteiger partial charge is 0.347 e. The topological polar surface area (TPSA) is 75.0 Å². The number of ether oxygens (including phenoxy) is 3. The van der Waals surface area contributed by atoms with Crippen LogP contribution in [-0.2, 0) is 9.53 Å². The van der Waals surface area contributed by atoms with Gasteiger partial charge in [0.25, 0.3) is 0 Å². The second kappa shape index (κ2) is 8.17. The van der Waals surface area contributed by atoms with Crippen LogP contribution in [0.4, 0.5) is 0 Å². The molecule has 0 spiro atoms. The van der Waals surface area contributed by atoms with Gasteiger partial charge in [0.05, 0.1) is 24.7 Å². The van der Waals surface area contributed by atoms with Crippen LogP contribution in [0.3, 0.4) is 0 Å². The number of benzene rings is 2. The monoisotopic (exact) mass is 382 g/mol. The van der Waals surface area contributed by atoms with Gasteiger partial charge in [-0.05, 0) is 39.0 Å². The Labute approximate surface area is 162 Å².